The quantitative estimate of drug-likeness (QED) is 0.241. The van der Waals surface area contributed by atoms with Crippen molar-refractivity contribution < 1.29 is 23.7 Å². The van der Waals surface area contributed by atoms with E-state index in [0.29, 0.717) is 71.4 Å². The molecule has 1 aliphatic heterocycles. The number of ether oxygens (including phenoxy) is 3. The van der Waals surface area contributed by atoms with Gasteiger partial charge < -0.3 is 28.7 Å². The average Bonchev–Trinajstić information content (AvgIpc) is 3.38. The van der Waals surface area contributed by atoms with Crippen molar-refractivity contribution in [2.45, 2.75) is 45.4 Å². The van der Waals surface area contributed by atoms with Crippen LogP contribution in [0.25, 0.3) is 28.0 Å². The van der Waals surface area contributed by atoms with E-state index in [1.165, 1.54) is 0 Å². The number of aryl methyl sites for hydroxylation is 2. The van der Waals surface area contributed by atoms with Crippen molar-refractivity contribution in [1.82, 2.24) is 9.97 Å². The number of unbranched alkanes of at least 4 members (excludes halogenated alkanes) is 1. The molecule has 2 aromatic heterocycles. The number of rotatable bonds is 10. The second-order valence-electron chi connectivity index (χ2n) is 9.32. The van der Waals surface area contributed by atoms with Crippen molar-refractivity contribution >= 4 is 16.9 Å². The van der Waals surface area contributed by atoms with Gasteiger partial charge in [-0.15, -0.1) is 0 Å². The standard InChI is InChI=1S/C31H32N2O6/c1-4-5-11-21-27(28-23(36-2)14-9-15-24(28)37-3)30(34)29(31(35)33-21)25-16-8-10-19(38-25)17-18-26-32-20-12-6-7-13-22(20)39-26/h6-7,9-10,12-16H,4-5,8,11,17-18H2,1-3H3,(H2,33,34,35). The summed E-state index contributed by atoms with van der Waals surface area (Å²) in [4.78, 5) is 20.9. The third-order valence-electron chi connectivity index (χ3n) is 6.78. The molecule has 0 radical (unpaired) electrons. The van der Waals surface area contributed by atoms with Crippen LogP contribution < -0.4 is 15.0 Å². The lowest BCUT2D eigenvalue weighted by Gasteiger charge is -2.21. The van der Waals surface area contributed by atoms with Gasteiger partial charge in [0.05, 0.1) is 25.3 Å². The number of pyridine rings is 1. The summed E-state index contributed by atoms with van der Waals surface area (Å²) in [7, 11) is 3.13. The fraction of sp³-hybridized carbons (Fsp3) is 0.290. The summed E-state index contributed by atoms with van der Waals surface area (Å²) in [6.45, 7) is 2.07. The molecule has 0 aliphatic carbocycles. The van der Waals surface area contributed by atoms with Gasteiger partial charge in [0.25, 0.3) is 5.56 Å². The Morgan fingerprint density at radius 3 is 2.44 bits per heavy atom. The van der Waals surface area contributed by atoms with Crippen molar-refractivity contribution in [3.63, 3.8) is 0 Å². The van der Waals surface area contributed by atoms with Crippen molar-refractivity contribution in [2.24, 2.45) is 0 Å². The Morgan fingerprint density at radius 1 is 0.949 bits per heavy atom. The number of hydrogen-bond donors (Lipinski definition) is 2. The molecular formula is C31H32N2O6. The molecule has 0 amide bonds. The van der Waals surface area contributed by atoms with Gasteiger partial charge in [-0.3, -0.25) is 4.79 Å². The lowest BCUT2D eigenvalue weighted by atomic mass is 9.95. The Morgan fingerprint density at radius 2 is 1.72 bits per heavy atom. The number of nitrogens with zero attached hydrogens (tertiary/aromatic N) is 1. The highest BCUT2D eigenvalue weighted by Gasteiger charge is 2.27. The predicted molar refractivity (Wildman–Crippen MR) is 150 cm³/mol. The van der Waals surface area contributed by atoms with Crippen LogP contribution in [0.1, 0.15) is 49.8 Å². The third-order valence-corrected chi connectivity index (χ3v) is 6.78. The van der Waals surface area contributed by atoms with Gasteiger partial charge >= 0.3 is 0 Å². The number of allylic oxidation sites excluding steroid dienone is 3. The summed E-state index contributed by atoms with van der Waals surface area (Å²) in [5, 5.41) is 11.7. The Balaban J connectivity index is 1.49. The molecule has 5 rings (SSSR count). The van der Waals surface area contributed by atoms with Crippen LogP contribution in [0.3, 0.4) is 0 Å². The number of nitrogens with one attached hydrogen (secondary N) is 1. The minimum atomic E-state index is -0.414. The second kappa shape index (κ2) is 11.5. The van der Waals surface area contributed by atoms with Gasteiger partial charge in [-0.2, -0.15) is 0 Å². The summed E-state index contributed by atoms with van der Waals surface area (Å²) in [5.41, 5.74) is 2.88. The van der Waals surface area contributed by atoms with Crippen LogP contribution >= 0.6 is 0 Å². The maximum atomic E-state index is 13.4. The highest BCUT2D eigenvalue weighted by atomic mass is 16.5. The summed E-state index contributed by atoms with van der Waals surface area (Å²) in [6.07, 6.45) is 7.71. The first-order chi connectivity index (χ1) is 19.0. The topological polar surface area (TPSA) is 107 Å². The molecule has 3 heterocycles. The molecule has 1 aliphatic rings. The lowest BCUT2D eigenvalue weighted by molar-refractivity contribution is 0.345. The normalized spacial score (nSPS) is 13.1. The molecule has 0 atom stereocenters. The molecule has 202 valence electrons. The van der Waals surface area contributed by atoms with E-state index in [2.05, 4.69) is 16.9 Å². The van der Waals surface area contributed by atoms with Gasteiger partial charge in [-0.05, 0) is 55.7 Å². The lowest BCUT2D eigenvalue weighted by Crippen LogP contribution is -2.18. The number of aromatic hydroxyl groups is 1. The molecule has 0 saturated heterocycles. The summed E-state index contributed by atoms with van der Waals surface area (Å²) in [6, 6.07) is 13.0. The van der Waals surface area contributed by atoms with Gasteiger partial charge in [-0.25, -0.2) is 4.98 Å². The van der Waals surface area contributed by atoms with Crippen LogP contribution in [0.5, 0.6) is 17.2 Å². The van der Waals surface area contributed by atoms with E-state index in [9.17, 15) is 9.90 Å². The Kier molecular flexibility index (Phi) is 7.72. The molecule has 0 spiro atoms. The van der Waals surface area contributed by atoms with Gasteiger partial charge in [0.15, 0.2) is 11.5 Å². The maximum Gasteiger partial charge on any atom is 0.263 e. The summed E-state index contributed by atoms with van der Waals surface area (Å²) in [5.74, 6) is 2.49. The fourth-order valence-electron chi connectivity index (χ4n) is 4.86. The van der Waals surface area contributed by atoms with Crippen LogP contribution in [-0.4, -0.2) is 29.3 Å². The molecule has 8 nitrogen and oxygen atoms in total. The molecule has 0 bridgehead atoms. The zero-order valence-corrected chi connectivity index (χ0v) is 22.4. The van der Waals surface area contributed by atoms with Crippen LogP contribution in [0.15, 0.2) is 69.6 Å². The number of aromatic nitrogens is 2. The second-order valence-corrected chi connectivity index (χ2v) is 9.32. The molecule has 0 fully saturated rings. The van der Waals surface area contributed by atoms with E-state index in [1.54, 1.807) is 32.4 Å². The average molecular weight is 529 g/mol. The minimum absolute atomic E-state index is 0.0747. The largest absolute Gasteiger partial charge is 0.506 e. The number of para-hydroxylation sites is 2. The molecule has 2 aromatic carbocycles. The SMILES string of the molecule is CCCCc1[nH]c(=O)c(C2=CCC=C(CCc3nc4ccccc4o3)O2)c(O)c1-c1c(OC)cccc1OC. The van der Waals surface area contributed by atoms with E-state index in [0.717, 1.165) is 23.9 Å². The van der Waals surface area contributed by atoms with E-state index in [-0.39, 0.29) is 11.3 Å². The third kappa shape index (κ3) is 5.27. The summed E-state index contributed by atoms with van der Waals surface area (Å²) < 4.78 is 23.3. The van der Waals surface area contributed by atoms with Gasteiger partial charge in [0, 0.05) is 18.5 Å². The molecule has 39 heavy (non-hydrogen) atoms. The number of benzene rings is 2. The number of oxazole rings is 1. The van der Waals surface area contributed by atoms with E-state index >= 15 is 0 Å². The fourth-order valence-corrected chi connectivity index (χ4v) is 4.86. The zero-order chi connectivity index (χ0) is 27.4. The van der Waals surface area contributed by atoms with E-state index < -0.39 is 5.56 Å². The number of hydrogen-bond acceptors (Lipinski definition) is 7. The first-order valence-electron chi connectivity index (χ1n) is 13.1. The van der Waals surface area contributed by atoms with Crippen LogP contribution in [-0.2, 0) is 17.6 Å². The van der Waals surface area contributed by atoms with Gasteiger partial charge in [0.1, 0.15) is 39.8 Å². The number of H-pyrrole nitrogens is 1. The van der Waals surface area contributed by atoms with Crippen molar-refractivity contribution in [3.8, 4) is 28.4 Å². The van der Waals surface area contributed by atoms with Gasteiger partial charge in [0.2, 0.25) is 0 Å². The Hall–Kier alpha value is -4.46. The number of fused-ring (bicyclic) bond motifs is 1. The first kappa shape index (κ1) is 26.2. The Bertz CT molecular complexity index is 1560. The monoisotopic (exact) mass is 528 g/mol. The summed E-state index contributed by atoms with van der Waals surface area (Å²) >= 11 is 0. The van der Waals surface area contributed by atoms with Crippen LogP contribution in [0, 0.1) is 0 Å². The van der Waals surface area contributed by atoms with Crippen molar-refractivity contribution in [3.05, 3.63) is 87.9 Å². The highest BCUT2D eigenvalue weighted by molar-refractivity contribution is 5.86. The highest BCUT2D eigenvalue weighted by Crippen LogP contribution is 2.46. The number of aromatic amines is 1. The number of methoxy groups -OCH3 is 2. The zero-order valence-electron chi connectivity index (χ0n) is 22.4. The molecule has 4 aromatic rings. The van der Waals surface area contributed by atoms with Crippen molar-refractivity contribution in [1.29, 1.82) is 0 Å². The molecular weight excluding hydrogens is 496 g/mol. The van der Waals surface area contributed by atoms with Gasteiger partial charge in [-0.1, -0.05) is 31.5 Å². The maximum absolute atomic E-state index is 13.4. The molecule has 0 saturated carbocycles. The Labute approximate surface area is 226 Å². The van der Waals surface area contributed by atoms with Crippen molar-refractivity contribution in [2.75, 3.05) is 14.2 Å². The first-order valence-corrected chi connectivity index (χ1v) is 13.1. The smallest absolute Gasteiger partial charge is 0.263 e. The van der Waals surface area contributed by atoms with E-state index in [4.69, 9.17) is 18.6 Å². The molecule has 0 unspecified atom stereocenters. The van der Waals surface area contributed by atoms with E-state index in [1.807, 2.05) is 36.4 Å². The molecule has 2 N–H and O–H groups in total. The van der Waals surface area contributed by atoms with Crippen LogP contribution in [0.4, 0.5) is 0 Å². The van der Waals surface area contributed by atoms with Crippen LogP contribution in [0.2, 0.25) is 0 Å². The predicted octanol–water partition coefficient (Wildman–Crippen LogP) is 6.53. The molecule has 8 heteroatoms. The minimum Gasteiger partial charge on any atom is -0.506 e.